The summed E-state index contributed by atoms with van der Waals surface area (Å²) in [6.45, 7) is 0.557. The third-order valence-electron chi connectivity index (χ3n) is 5.10. The van der Waals surface area contributed by atoms with Gasteiger partial charge in [0.2, 0.25) is 11.9 Å². The van der Waals surface area contributed by atoms with Crippen molar-refractivity contribution in [2.45, 2.75) is 37.6 Å². The van der Waals surface area contributed by atoms with Gasteiger partial charge in [0.25, 0.3) is 0 Å². The van der Waals surface area contributed by atoms with E-state index in [0.29, 0.717) is 30.8 Å². The molecule has 0 bridgehead atoms. The topological polar surface area (TPSA) is 115 Å². The van der Waals surface area contributed by atoms with E-state index in [-0.39, 0.29) is 11.8 Å². The molecule has 3 heterocycles. The van der Waals surface area contributed by atoms with E-state index in [1.165, 1.54) is 0 Å². The molecule has 27 heavy (non-hydrogen) atoms. The molecule has 0 saturated heterocycles. The summed E-state index contributed by atoms with van der Waals surface area (Å²) in [6.07, 6.45) is 3.48. The fourth-order valence-electron chi connectivity index (χ4n) is 3.52. The molecule has 136 valence electrons. The number of carbonyl (C=O) groups excluding carboxylic acids is 1. The fourth-order valence-corrected chi connectivity index (χ4v) is 3.52. The number of anilines is 5. The monoisotopic (exact) mass is 361 g/mol. The van der Waals surface area contributed by atoms with Crippen LogP contribution in [0.4, 0.5) is 29.0 Å². The smallest absolute Gasteiger partial charge is 0.231 e. The van der Waals surface area contributed by atoms with Gasteiger partial charge in [-0.15, -0.1) is 0 Å². The Bertz CT molecular complexity index is 977. The van der Waals surface area contributed by atoms with Crippen LogP contribution >= 0.6 is 0 Å². The second kappa shape index (κ2) is 6.13. The van der Waals surface area contributed by atoms with Crippen molar-refractivity contribution in [2.24, 2.45) is 0 Å². The first-order chi connectivity index (χ1) is 13.2. The molecule has 1 amide bonds. The van der Waals surface area contributed by atoms with Gasteiger partial charge in [0.05, 0.1) is 17.6 Å². The van der Waals surface area contributed by atoms with Gasteiger partial charge >= 0.3 is 0 Å². The molecule has 1 aromatic carbocycles. The van der Waals surface area contributed by atoms with E-state index in [9.17, 15) is 10.1 Å². The molecular formula is C19H19N7O. The predicted octanol–water partition coefficient (Wildman–Crippen LogP) is 2.71. The maximum absolute atomic E-state index is 11.5. The van der Waals surface area contributed by atoms with Gasteiger partial charge in [-0.05, 0) is 43.0 Å². The van der Waals surface area contributed by atoms with Gasteiger partial charge in [0.15, 0.2) is 0 Å². The van der Waals surface area contributed by atoms with Crippen molar-refractivity contribution in [1.29, 1.82) is 5.26 Å². The summed E-state index contributed by atoms with van der Waals surface area (Å²) < 4.78 is 0. The van der Waals surface area contributed by atoms with E-state index in [0.717, 1.165) is 47.6 Å². The van der Waals surface area contributed by atoms with Crippen LogP contribution < -0.4 is 21.3 Å². The van der Waals surface area contributed by atoms with Gasteiger partial charge in [-0.2, -0.15) is 15.2 Å². The van der Waals surface area contributed by atoms with Crippen LogP contribution in [0, 0.1) is 11.3 Å². The number of amides is 1. The maximum Gasteiger partial charge on any atom is 0.231 e. The summed E-state index contributed by atoms with van der Waals surface area (Å²) in [5.41, 5.74) is 3.70. The van der Waals surface area contributed by atoms with Crippen molar-refractivity contribution in [3.63, 3.8) is 0 Å². The van der Waals surface area contributed by atoms with Gasteiger partial charge < -0.3 is 21.3 Å². The molecular weight excluding hydrogens is 342 g/mol. The third kappa shape index (κ3) is 3.01. The molecule has 3 aliphatic rings. The minimum Gasteiger partial charge on any atom is -0.368 e. The lowest BCUT2D eigenvalue weighted by atomic mass is 10.0. The van der Waals surface area contributed by atoms with Crippen molar-refractivity contribution in [3.8, 4) is 6.07 Å². The lowest BCUT2D eigenvalue weighted by molar-refractivity contribution is -0.116. The molecule has 1 saturated carbocycles. The summed E-state index contributed by atoms with van der Waals surface area (Å²) in [5.74, 6) is 1.77. The van der Waals surface area contributed by atoms with Crippen molar-refractivity contribution in [1.82, 2.24) is 9.97 Å². The molecule has 8 nitrogen and oxygen atoms in total. The number of aryl methyl sites for hydroxylation is 1. The molecule has 1 atom stereocenters. The van der Waals surface area contributed by atoms with E-state index >= 15 is 0 Å². The zero-order valence-corrected chi connectivity index (χ0v) is 14.7. The number of hydrogen-bond acceptors (Lipinski definition) is 7. The Labute approximate surface area is 156 Å². The number of nitrogens with one attached hydrogen (secondary N) is 4. The van der Waals surface area contributed by atoms with E-state index in [1.807, 2.05) is 18.2 Å². The minimum atomic E-state index is -0.234. The summed E-state index contributed by atoms with van der Waals surface area (Å²) in [6, 6.07) is 8.58. The predicted molar refractivity (Wildman–Crippen MR) is 102 cm³/mol. The Kier molecular flexibility index (Phi) is 3.60. The molecule has 2 aromatic rings. The Morgan fingerprint density at radius 3 is 2.93 bits per heavy atom. The third-order valence-corrected chi connectivity index (χ3v) is 5.10. The van der Waals surface area contributed by atoms with Gasteiger partial charge in [0.1, 0.15) is 11.6 Å². The van der Waals surface area contributed by atoms with Crippen LogP contribution in [-0.4, -0.2) is 28.5 Å². The quantitative estimate of drug-likeness (QED) is 0.662. The summed E-state index contributed by atoms with van der Waals surface area (Å²) >= 11 is 0. The highest BCUT2D eigenvalue weighted by Gasteiger charge is 2.31. The number of rotatable bonds is 4. The van der Waals surface area contributed by atoms with Crippen LogP contribution in [0.15, 0.2) is 18.2 Å². The molecule has 0 radical (unpaired) electrons. The zero-order chi connectivity index (χ0) is 18.4. The Morgan fingerprint density at radius 2 is 2.11 bits per heavy atom. The Morgan fingerprint density at radius 1 is 1.22 bits per heavy atom. The highest BCUT2D eigenvalue weighted by Crippen LogP contribution is 2.38. The van der Waals surface area contributed by atoms with E-state index in [2.05, 4.69) is 37.3 Å². The van der Waals surface area contributed by atoms with E-state index in [4.69, 9.17) is 0 Å². The van der Waals surface area contributed by atoms with Crippen molar-refractivity contribution >= 4 is 34.9 Å². The average molecular weight is 361 g/mol. The number of hydrogen-bond donors (Lipinski definition) is 4. The molecule has 1 unspecified atom stereocenters. The number of nitriles is 1. The Balaban J connectivity index is 1.45. The van der Waals surface area contributed by atoms with Crippen LogP contribution in [0.3, 0.4) is 0 Å². The first-order valence-electron chi connectivity index (χ1n) is 9.21. The number of nitrogens with zero attached hydrogens (tertiary/aromatic N) is 3. The van der Waals surface area contributed by atoms with Crippen LogP contribution in [0.25, 0.3) is 0 Å². The first kappa shape index (κ1) is 15.9. The highest BCUT2D eigenvalue weighted by molar-refractivity contribution is 5.94. The van der Waals surface area contributed by atoms with E-state index < -0.39 is 0 Å². The SMILES string of the molecule is N#CC1CNc2nc(Nc3ccc4c(c3)CCC(=O)N4)nc(NC3CC3)c21. The molecule has 4 N–H and O–H groups in total. The Hall–Kier alpha value is -3.34. The standard InChI is InChI=1S/C19H19N7O/c20-8-11-9-21-17-16(11)18(22-12-2-3-12)26-19(25-17)23-13-4-5-14-10(7-13)1-6-15(27)24-14/h4-5,7,11-12H,1-3,6,9H2,(H,24,27)(H3,21,22,23,25,26). The van der Waals surface area contributed by atoms with Gasteiger partial charge in [0, 0.05) is 30.4 Å². The second-order valence-corrected chi connectivity index (χ2v) is 7.18. The fraction of sp³-hybridized carbons (Fsp3) is 0.368. The van der Waals surface area contributed by atoms with Crippen molar-refractivity contribution in [3.05, 3.63) is 29.3 Å². The molecule has 0 spiro atoms. The normalized spacial score (nSPS) is 20.0. The highest BCUT2D eigenvalue weighted by atomic mass is 16.1. The summed E-state index contributed by atoms with van der Waals surface area (Å²) in [4.78, 5) is 20.7. The molecule has 5 rings (SSSR count). The molecule has 2 aliphatic heterocycles. The van der Waals surface area contributed by atoms with Crippen LogP contribution in [0.5, 0.6) is 0 Å². The number of fused-ring (bicyclic) bond motifs is 2. The maximum atomic E-state index is 11.5. The minimum absolute atomic E-state index is 0.0547. The van der Waals surface area contributed by atoms with Gasteiger partial charge in [-0.25, -0.2) is 0 Å². The molecule has 1 fully saturated rings. The van der Waals surface area contributed by atoms with Crippen LogP contribution in [0.1, 0.15) is 36.3 Å². The number of carbonyl (C=O) groups is 1. The van der Waals surface area contributed by atoms with Crippen LogP contribution in [-0.2, 0) is 11.2 Å². The van der Waals surface area contributed by atoms with Gasteiger partial charge in [-0.1, -0.05) is 0 Å². The second-order valence-electron chi connectivity index (χ2n) is 7.18. The van der Waals surface area contributed by atoms with Crippen molar-refractivity contribution < 1.29 is 4.79 Å². The molecule has 1 aliphatic carbocycles. The average Bonchev–Trinajstić information content (AvgIpc) is 3.38. The van der Waals surface area contributed by atoms with Crippen molar-refractivity contribution in [2.75, 3.05) is 27.8 Å². The summed E-state index contributed by atoms with van der Waals surface area (Å²) in [7, 11) is 0. The van der Waals surface area contributed by atoms with Gasteiger partial charge in [-0.3, -0.25) is 4.79 Å². The van der Waals surface area contributed by atoms with Crippen LogP contribution in [0.2, 0.25) is 0 Å². The lowest BCUT2D eigenvalue weighted by Crippen LogP contribution is -2.18. The largest absolute Gasteiger partial charge is 0.368 e. The van der Waals surface area contributed by atoms with E-state index in [1.54, 1.807) is 0 Å². The number of benzene rings is 1. The lowest BCUT2D eigenvalue weighted by Gasteiger charge is -2.18. The molecule has 1 aromatic heterocycles. The molecule has 8 heteroatoms. The number of aromatic nitrogens is 2. The summed E-state index contributed by atoms with van der Waals surface area (Å²) in [5, 5.41) is 22.2. The zero-order valence-electron chi connectivity index (χ0n) is 14.7. The first-order valence-corrected chi connectivity index (χ1v) is 9.21.